The SMILES string of the molecule is Cc1c(O)c(O)c(C)c2c(O)c(O)c(O)c(C)c12. The zero-order valence-electron chi connectivity index (χ0n) is 10.2. The van der Waals surface area contributed by atoms with Gasteiger partial charge in [0.05, 0.1) is 0 Å². The predicted molar refractivity (Wildman–Crippen MR) is 66.5 cm³/mol. The molecular weight excluding hydrogens is 236 g/mol. The summed E-state index contributed by atoms with van der Waals surface area (Å²) in [5.41, 5.74) is 0.899. The predicted octanol–water partition coefficient (Wildman–Crippen LogP) is 2.29. The van der Waals surface area contributed by atoms with Crippen molar-refractivity contribution >= 4 is 10.8 Å². The monoisotopic (exact) mass is 250 g/mol. The molecule has 2 aromatic rings. The smallest absolute Gasteiger partial charge is 0.201 e. The minimum Gasteiger partial charge on any atom is -0.504 e. The molecule has 96 valence electrons. The summed E-state index contributed by atoms with van der Waals surface area (Å²) in [5.74, 6) is -2.23. The van der Waals surface area contributed by atoms with Crippen LogP contribution in [0.15, 0.2) is 0 Å². The van der Waals surface area contributed by atoms with Crippen molar-refractivity contribution < 1.29 is 25.5 Å². The first-order valence-electron chi connectivity index (χ1n) is 5.37. The second kappa shape index (κ2) is 3.60. The summed E-state index contributed by atoms with van der Waals surface area (Å²) in [6.45, 7) is 4.62. The normalized spacial score (nSPS) is 11.1. The maximum Gasteiger partial charge on any atom is 0.201 e. The van der Waals surface area contributed by atoms with Crippen molar-refractivity contribution in [2.24, 2.45) is 0 Å². The second-order valence-corrected chi connectivity index (χ2v) is 4.37. The average molecular weight is 250 g/mol. The van der Waals surface area contributed by atoms with E-state index in [0.29, 0.717) is 16.5 Å². The Kier molecular flexibility index (Phi) is 2.43. The molecule has 0 spiro atoms. The van der Waals surface area contributed by atoms with E-state index in [4.69, 9.17) is 0 Å². The van der Waals surface area contributed by atoms with Crippen LogP contribution in [0.1, 0.15) is 16.7 Å². The molecule has 5 heteroatoms. The van der Waals surface area contributed by atoms with Crippen LogP contribution < -0.4 is 0 Å². The minimum atomic E-state index is -0.632. The minimum absolute atomic E-state index is 0.218. The van der Waals surface area contributed by atoms with Crippen molar-refractivity contribution in [2.45, 2.75) is 20.8 Å². The zero-order valence-corrected chi connectivity index (χ0v) is 10.2. The standard InChI is InChI=1S/C13H14O5/c1-4-7-5(2)11(16)13(18)12(17)8(7)6(3)10(15)9(4)14/h14-18H,1-3H3. The highest BCUT2D eigenvalue weighted by Gasteiger charge is 2.23. The van der Waals surface area contributed by atoms with Crippen LogP contribution in [0, 0.1) is 20.8 Å². The lowest BCUT2D eigenvalue weighted by atomic mass is 9.93. The molecule has 0 aliphatic rings. The summed E-state index contributed by atoms with van der Waals surface area (Å²) in [6, 6.07) is 0. The second-order valence-electron chi connectivity index (χ2n) is 4.37. The molecule has 0 saturated heterocycles. The van der Waals surface area contributed by atoms with Crippen molar-refractivity contribution in [1.82, 2.24) is 0 Å². The molecule has 0 unspecified atom stereocenters. The van der Waals surface area contributed by atoms with Gasteiger partial charge in [0.1, 0.15) is 0 Å². The van der Waals surface area contributed by atoms with Crippen LogP contribution in [0.5, 0.6) is 28.7 Å². The van der Waals surface area contributed by atoms with E-state index < -0.39 is 17.2 Å². The quantitative estimate of drug-likeness (QED) is 0.462. The Morgan fingerprint density at radius 3 is 1.22 bits per heavy atom. The summed E-state index contributed by atoms with van der Waals surface area (Å²) in [6.07, 6.45) is 0. The summed E-state index contributed by atoms with van der Waals surface area (Å²) >= 11 is 0. The first kappa shape index (κ1) is 12.2. The van der Waals surface area contributed by atoms with E-state index in [2.05, 4.69) is 0 Å². The molecule has 0 saturated carbocycles. The number of hydrogen-bond donors (Lipinski definition) is 5. The van der Waals surface area contributed by atoms with Crippen LogP contribution in [0.4, 0.5) is 0 Å². The Labute approximate surface area is 103 Å². The van der Waals surface area contributed by atoms with E-state index in [9.17, 15) is 25.5 Å². The van der Waals surface area contributed by atoms with Crippen LogP contribution in [-0.2, 0) is 0 Å². The third kappa shape index (κ3) is 1.27. The molecule has 0 heterocycles. The molecule has 0 fully saturated rings. The maximum absolute atomic E-state index is 9.88. The maximum atomic E-state index is 9.88. The summed E-state index contributed by atoms with van der Waals surface area (Å²) in [5, 5.41) is 49.4. The van der Waals surface area contributed by atoms with Crippen LogP contribution in [0.3, 0.4) is 0 Å². The Morgan fingerprint density at radius 2 is 0.778 bits per heavy atom. The van der Waals surface area contributed by atoms with E-state index in [1.807, 2.05) is 0 Å². The van der Waals surface area contributed by atoms with Gasteiger partial charge in [-0.3, -0.25) is 0 Å². The van der Waals surface area contributed by atoms with Gasteiger partial charge in [-0.05, 0) is 26.2 Å². The molecule has 0 radical (unpaired) electrons. The molecule has 0 aromatic heterocycles. The molecule has 0 aliphatic heterocycles. The van der Waals surface area contributed by atoms with Gasteiger partial charge in [0, 0.05) is 22.1 Å². The van der Waals surface area contributed by atoms with E-state index >= 15 is 0 Å². The summed E-state index contributed by atoms with van der Waals surface area (Å²) < 4.78 is 0. The van der Waals surface area contributed by atoms with E-state index in [1.165, 1.54) is 6.92 Å². The number of phenolic OH excluding ortho intramolecular Hbond substituents is 5. The summed E-state index contributed by atoms with van der Waals surface area (Å²) in [4.78, 5) is 0. The van der Waals surface area contributed by atoms with Gasteiger partial charge < -0.3 is 25.5 Å². The number of benzene rings is 2. The Hall–Kier alpha value is -2.30. The van der Waals surface area contributed by atoms with Crippen molar-refractivity contribution in [1.29, 1.82) is 0 Å². The van der Waals surface area contributed by atoms with Crippen LogP contribution in [0.25, 0.3) is 10.8 Å². The van der Waals surface area contributed by atoms with Crippen LogP contribution in [0.2, 0.25) is 0 Å². The lowest BCUT2D eigenvalue weighted by Gasteiger charge is -2.16. The molecule has 0 atom stereocenters. The number of rotatable bonds is 0. The number of aromatic hydroxyl groups is 5. The molecule has 5 nitrogen and oxygen atoms in total. The highest BCUT2D eigenvalue weighted by atomic mass is 16.3. The van der Waals surface area contributed by atoms with E-state index in [0.717, 1.165) is 0 Å². The van der Waals surface area contributed by atoms with Gasteiger partial charge in [0.2, 0.25) is 5.75 Å². The fraction of sp³-hybridized carbons (Fsp3) is 0.231. The Balaban J connectivity index is 3.22. The van der Waals surface area contributed by atoms with Crippen molar-refractivity contribution in [2.75, 3.05) is 0 Å². The molecule has 18 heavy (non-hydrogen) atoms. The lowest BCUT2D eigenvalue weighted by Crippen LogP contribution is -1.91. The number of hydrogen-bond acceptors (Lipinski definition) is 5. The van der Waals surface area contributed by atoms with Crippen LogP contribution in [-0.4, -0.2) is 25.5 Å². The molecule has 5 N–H and O–H groups in total. The fourth-order valence-electron chi connectivity index (χ4n) is 2.26. The molecule has 2 aromatic carbocycles. The Morgan fingerprint density at radius 1 is 0.444 bits per heavy atom. The first-order chi connectivity index (χ1) is 8.29. The average Bonchev–Trinajstić information content (AvgIpc) is 2.35. The largest absolute Gasteiger partial charge is 0.504 e. The molecule has 2 rings (SSSR count). The number of aryl methyl sites for hydroxylation is 3. The topological polar surface area (TPSA) is 101 Å². The molecular formula is C13H14O5. The van der Waals surface area contributed by atoms with Crippen LogP contribution >= 0.6 is 0 Å². The zero-order chi connectivity index (χ0) is 13.8. The van der Waals surface area contributed by atoms with E-state index in [1.54, 1.807) is 13.8 Å². The highest BCUT2D eigenvalue weighted by molar-refractivity contribution is 6.02. The Bertz CT molecular complexity index is 560. The fourth-order valence-corrected chi connectivity index (χ4v) is 2.26. The van der Waals surface area contributed by atoms with Gasteiger partial charge in [-0.1, -0.05) is 0 Å². The lowest BCUT2D eigenvalue weighted by molar-refractivity contribution is 0.368. The molecule has 0 bridgehead atoms. The van der Waals surface area contributed by atoms with Gasteiger partial charge in [-0.15, -0.1) is 0 Å². The molecule has 0 amide bonds. The molecule has 0 aliphatic carbocycles. The highest BCUT2D eigenvalue weighted by Crippen LogP contribution is 2.50. The third-order valence-electron chi connectivity index (χ3n) is 3.35. The van der Waals surface area contributed by atoms with Crippen molar-refractivity contribution in [3.63, 3.8) is 0 Å². The van der Waals surface area contributed by atoms with Gasteiger partial charge in [0.25, 0.3) is 0 Å². The van der Waals surface area contributed by atoms with Crippen molar-refractivity contribution in [3.8, 4) is 28.7 Å². The van der Waals surface area contributed by atoms with Gasteiger partial charge in [0.15, 0.2) is 23.0 Å². The number of fused-ring (bicyclic) bond motifs is 1. The summed E-state index contributed by atoms with van der Waals surface area (Å²) in [7, 11) is 0. The van der Waals surface area contributed by atoms with Gasteiger partial charge in [-0.2, -0.15) is 0 Å². The first-order valence-corrected chi connectivity index (χ1v) is 5.37. The van der Waals surface area contributed by atoms with Gasteiger partial charge >= 0.3 is 0 Å². The van der Waals surface area contributed by atoms with E-state index in [-0.39, 0.29) is 22.4 Å². The van der Waals surface area contributed by atoms with Gasteiger partial charge in [-0.25, -0.2) is 0 Å². The van der Waals surface area contributed by atoms with Crippen molar-refractivity contribution in [3.05, 3.63) is 16.7 Å². The number of phenols is 5. The third-order valence-corrected chi connectivity index (χ3v) is 3.35.